The molecule has 0 bridgehead atoms. The number of nitro benzene ring substituents is 1. The number of benzene rings is 1. The maximum Gasteiger partial charge on any atom is 0.274 e. The molecule has 1 saturated heterocycles. The van der Waals surface area contributed by atoms with E-state index in [1.165, 1.54) is 13.1 Å². The van der Waals surface area contributed by atoms with Gasteiger partial charge in [0.15, 0.2) is 0 Å². The highest BCUT2D eigenvalue weighted by Gasteiger charge is 2.36. The molecule has 0 radical (unpaired) electrons. The fourth-order valence-electron chi connectivity index (χ4n) is 1.97. The van der Waals surface area contributed by atoms with E-state index >= 15 is 0 Å². The van der Waals surface area contributed by atoms with E-state index in [4.69, 9.17) is 0 Å². The molecule has 1 fully saturated rings. The van der Waals surface area contributed by atoms with Gasteiger partial charge in [-0.1, -0.05) is 6.07 Å². The monoisotopic (exact) mass is 263 g/mol. The summed E-state index contributed by atoms with van der Waals surface area (Å²) in [5.74, 6) is -0.586. The number of nitro groups is 1. The van der Waals surface area contributed by atoms with Gasteiger partial charge in [-0.2, -0.15) is 0 Å². The highest BCUT2D eigenvalue weighted by Crippen LogP contribution is 2.24. The Bertz CT molecular complexity index is 570. The van der Waals surface area contributed by atoms with Crippen LogP contribution in [0.1, 0.15) is 12.0 Å². The highest BCUT2D eigenvalue weighted by molar-refractivity contribution is 6.06. The molecule has 7 heteroatoms. The molecule has 19 heavy (non-hydrogen) atoms. The van der Waals surface area contributed by atoms with Crippen LogP contribution in [0.4, 0.5) is 11.4 Å². The van der Waals surface area contributed by atoms with Gasteiger partial charge in [0.05, 0.1) is 11.3 Å². The maximum atomic E-state index is 11.7. The molecule has 1 unspecified atom stereocenters. The fraction of sp³-hybridized carbons (Fsp3) is 0.333. The summed E-state index contributed by atoms with van der Waals surface area (Å²) in [6, 6.07) is 3.97. The molecule has 1 aliphatic rings. The van der Waals surface area contributed by atoms with Crippen molar-refractivity contribution in [3.05, 3.63) is 33.9 Å². The van der Waals surface area contributed by atoms with E-state index in [1.54, 1.807) is 19.1 Å². The largest absolute Gasteiger partial charge is 0.373 e. The lowest BCUT2D eigenvalue weighted by atomic mass is 10.1. The van der Waals surface area contributed by atoms with Gasteiger partial charge in [-0.3, -0.25) is 24.6 Å². The second kappa shape index (κ2) is 4.68. The van der Waals surface area contributed by atoms with Gasteiger partial charge in [0, 0.05) is 24.4 Å². The van der Waals surface area contributed by atoms with Crippen molar-refractivity contribution < 1.29 is 14.5 Å². The standard InChI is InChI=1S/C12H13N3O4/c1-7-3-4-8(5-10(7)15(18)19)13-9-6-11(16)14(2)12(9)17/h3-5,9,13H,6H2,1-2H3. The van der Waals surface area contributed by atoms with Gasteiger partial charge >= 0.3 is 0 Å². The second-order valence-corrected chi connectivity index (χ2v) is 4.45. The van der Waals surface area contributed by atoms with Crippen molar-refractivity contribution in [3.8, 4) is 0 Å². The minimum atomic E-state index is -0.653. The number of anilines is 1. The Hall–Kier alpha value is -2.44. The van der Waals surface area contributed by atoms with Crippen LogP contribution < -0.4 is 5.32 Å². The van der Waals surface area contributed by atoms with Crippen LogP contribution in [-0.4, -0.2) is 34.7 Å². The molecule has 1 N–H and O–H groups in total. The van der Waals surface area contributed by atoms with Crippen molar-refractivity contribution in [2.24, 2.45) is 0 Å². The van der Waals surface area contributed by atoms with Crippen molar-refractivity contribution in [2.45, 2.75) is 19.4 Å². The molecule has 1 heterocycles. The summed E-state index contributed by atoms with van der Waals surface area (Å²) in [5.41, 5.74) is 0.982. The minimum Gasteiger partial charge on any atom is -0.373 e. The Morgan fingerprint density at radius 2 is 2.11 bits per heavy atom. The molecule has 0 saturated carbocycles. The van der Waals surface area contributed by atoms with E-state index in [0.29, 0.717) is 11.3 Å². The van der Waals surface area contributed by atoms with Crippen LogP contribution >= 0.6 is 0 Å². The van der Waals surface area contributed by atoms with Crippen molar-refractivity contribution >= 4 is 23.2 Å². The number of hydrogen-bond acceptors (Lipinski definition) is 5. The average Bonchev–Trinajstić information content (AvgIpc) is 2.59. The molecule has 1 aliphatic heterocycles. The number of aryl methyl sites for hydroxylation is 1. The fourth-order valence-corrected chi connectivity index (χ4v) is 1.97. The SMILES string of the molecule is Cc1ccc(NC2CC(=O)N(C)C2=O)cc1[N+](=O)[O-]. The summed E-state index contributed by atoms with van der Waals surface area (Å²) in [4.78, 5) is 34.5. The normalized spacial score (nSPS) is 18.8. The number of rotatable bonds is 3. The highest BCUT2D eigenvalue weighted by atomic mass is 16.6. The van der Waals surface area contributed by atoms with Crippen LogP contribution in [0.3, 0.4) is 0 Å². The summed E-state index contributed by atoms with van der Waals surface area (Å²) in [6.07, 6.45) is 0.0665. The predicted octanol–water partition coefficient (Wildman–Crippen LogP) is 1.07. The van der Waals surface area contributed by atoms with E-state index in [2.05, 4.69) is 5.32 Å². The zero-order valence-electron chi connectivity index (χ0n) is 10.5. The van der Waals surface area contributed by atoms with Crippen molar-refractivity contribution in [1.29, 1.82) is 0 Å². The molecule has 1 aromatic carbocycles. The van der Waals surface area contributed by atoms with Crippen molar-refractivity contribution in [2.75, 3.05) is 12.4 Å². The van der Waals surface area contributed by atoms with Gasteiger partial charge in [0.1, 0.15) is 6.04 Å². The molecule has 2 rings (SSSR count). The number of likely N-dealkylation sites (tertiary alicyclic amines) is 1. The number of nitrogens with one attached hydrogen (secondary N) is 1. The number of amides is 2. The molecule has 7 nitrogen and oxygen atoms in total. The molecule has 0 aromatic heterocycles. The Kier molecular flexibility index (Phi) is 3.20. The first-order valence-electron chi connectivity index (χ1n) is 5.72. The Labute approximate surface area is 109 Å². The van der Waals surface area contributed by atoms with Gasteiger partial charge in [-0.25, -0.2) is 0 Å². The van der Waals surface area contributed by atoms with Crippen LogP contribution in [0.25, 0.3) is 0 Å². The van der Waals surface area contributed by atoms with E-state index in [1.807, 2.05) is 0 Å². The van der Waals surface area contributed by atoms with Gasteiger partial charge in [0.25, 0.3) is 11.6 Å². The van der Waals surface area contributed by atoms with Gasteiger partial charge in [-0.15, -0.1) is 0 Å². The Balaban J connectivity index is 2.21. The first kappa shape index (κ1) is 13.0. The van der Waals surface area contributed by atoms with Crippen LogP contribution in [-0.2, 0) is 9.59 Å². The van der Waals surface area contributed by atoms with Crippen LogP contribution in [0.2, 0.25) is 0 Å². The summed E-state index contributed by atoms with van der Waals surface area (Å²) < 4.78 is 0. The summed E-state index contributed by atoms with van der Waals surface area (Å²) in [5, 5.41) is 13.7. The van der Waals surface area contributed by atoms with Crippen LogP contribution in [0, 0.1) is 17.0 Å². The van der Waals surface area contributed by atoms with Gasteiger partial charge in [-0.05, 0) is 13.0 Å². The molecule has 1 aromatic rings. The second-order valence-electron chi connectivity index (χ2n) is 4.45. The Morgan fingerprint density at radius 3 is 2.63 bits per heavy atom. The first-order chi connectivity index (χ1) is 8.90. The number of imide groups is 1. The number of carbonyl (C=O) groups excluding carboxylic acids is 2. The zero-order chi connectivity index (χ0) is 14.2. The number of carbonyl (C=O) groups is 2. The lowest BCUT2D eigenvalue weighted by Crippen LogP contribution is -2.31. The average molecular weight is 263 g/mol. The quantitative estimate of drug-likeness (QED) is 0.500. The molecular formula is C12H13N3O4. The van der Waals surface area contributed by atoms with Crippen molar-refractivity contribution in [1.82, 2.24) is 4.90 Å². The molecule has 100 valence electrons. The lowest BCUT2D eigenvalue weighted by molar-refractivity contribution is -0.385. The summed E-state index contributed by atoms with van der Waals surface area (Å²) in [6.45, 7) is 1.64. The molecule has 0 aliphatic carbocycles. The lowest BCUT2D eigenvalue weighted by Gasteiger charge is -2.12. The van der Waals surface area contributed by atoms with Crippen molar-refractivity contribution in [3.63, 3.8) is 0 Å². The predicted molar refractivity (Wildman–Crippen MR) is 67.6 cm³/mol. The third-order valence-electron chi connectivity index (χ3n) is 3.13. The number of likely N-dealkylation sites (N-methyl/N-ethyl adjacent to an activating group) is 1. The topological polar surface area (TPSA) is 92.6 Å². The third-order valence-corrected chi connectivity index (χ3v) is 3.13. The van der Waals surface area contributed by atoms with Crippen LogP contribution in [0.15, 0.2) is 18.2 Å². The first-order valence-corrected chi connectivity index (χ1v) is 5.72. The Morgan fingerprint density at radius 1 is 1.42 bits per heavy atom. The van der Waals surface area contributed by atoms with Crippen LogP contribution in [0.5, 0.6) is 0 Å². The number of nitrogens with zero attached hydrogens (tertiary/aromatic N) is 2. The molecule has 1 atom stereocenters. The summed E-state index contributed by atoms with van der Waals surface area (Å²) in [7, 11) is 1.42. The van der Waals surface area contributed by atoms with E-state index < -0.39 is 11.0 Å². The van der Waals surface area contributed by atoms with Gasteiger partial charge < -0.3 is 5.32 Å². The minimum absolute atomic E-state index is 0.0184. The smallest absolute Gasteiger partial charge is 0.274 e. The van der Waals surface area contributed by atoms with E-state index in [-0.39, 0.29) is 23.9 Å². The maximum absolute atomic E-state index is 11.7. The number of hydrogen-bond donors (Lipinski definition) is 1. The van der Waals surface area contributed by atoms with E-state index in [9.17, 15) is 19.7 Å². The van der Waals surface area contributed by atoms with E-state index in [0.717, 1.165) is 4.90 Å². The molecule has 0 spiro atoms. The molecule has 2 amide bonds. The summed E-state index contributed by atoms with van der Waals surface area (Å²) >= 11 is 0. The van der Waals surface area contributed by atoms with Gasteiger partial charge in [0.2, 0.25) is 5.91 Å². The molecular weight excluding hydrogens is 250 g/mol. The zero-order valence-corrected chi connectivity index (χ0v) is 10.5. The third kappa shape index (κ3) is 2.40.